The van der Waals surface area contributed by atoms with Crippen LogP contribution in [-0.2, 0) is 0 Å². The monoisotopic (exact) mass is 320 g/mol. The molecule has 0 atom stereocenters. The summed E-state index contributed by atoms with van der Waals surface area (Å²) in [5.74, 6) is 0.803. The van der Waals surface area contributed by atoms with Gasteiger partial charge in [-0.15, -0.1) is 0 Å². The van der Waals surface area contributed by atoms with E-state index < -0.39 is 0 Å². The highest BCUT2D eigenvalue weighted by molar-refractivity contribution is 6.06. The lowest BCUT2D eigenvalue weighted by Crippen LogP contribution is -2.19. The molecule has 4 nitrogen and oxygen atoms in total. The minimum Gasteiger partial charge on any atom is -0.494 e. The molecule has 3 rings (SSSR count). The van der Waals surface area contributed by atoms with Crippen LogP contribution in [0.1, 0.15) is 13.3 Å². The Bertz CT molecular complexity index is 823. The summed E-state index contributed by atoms with van der Waals surface area (Å²) in [5, 5.41) is 7.84. The fraction of sp³-hybridized carbons (Fsp3) is 0.150. The van der Waals surface area contributed by atoms with Crippen LogP contribution in [0.15, 0.2) is 66.7 Å². The molecule has 24 heavy (non-hydrogen) atoms. The maximum absolute atomic E-state index is 12.2. The number of ether oxygens (including phenoxy) is 1. The van der Waals surface area contributed by atoms with Crippen LogP contribution in [0.5, 0.6) is 5.75 Å². The van der Waals surface area contributed by atoms with Crippen LogP contribution in [0.4, 0.5) is 16.2 Å². The fourth-order valence-corrected chi connectivity index (χ4v) is 2.47. The molecule has 0 bridgehead atoms. The first-order valence-electron chi connectivity index (χ1n) is 8.05. The summed E-state index contributed by atoms with van der Waals surface area (Å²) in [7, 11) is 0. The zero-order chi connectivity index (χ0) is 16.8. The molecule has 0 aliphatic heterocycles. The maximum atomic E-state index is 12.2. The molecule has 0 aliphatic rings. The van der Waals surface area contributed by atoms with Gasteiger partial charge in [-0.3, -0.25) is 0 Å². The van der Waals surface area contributed by atoms with Crippen molar-refractivity contribution in [2.75, 3.05) is 17.2 Å². The first-order valence-corrected chi connectivity index (χ1v) is 8.05. The van der Waals surface area contributed by atoms with Crippen LogP contribution >= 0.6 is 0 Å². The molecule has 2 amide bonds. The highest BCUT2D eigenvalue weighted by Crippen LogP contribution is 2.23. The van der Waals surface area contributed by atoms with Crippen LogP contribution in [0.3, 0.4) is 0 Å². The van der Waals surface area contributed by atoms with Gasteiger partial charge in [-0.25, -0.2) is 4.79 Å². The number of hydrogen-bond acceptors (Lipinski definition) is 2. The first kappa shape index (κ1) is 15.9. The Morgan fingerprint density at radius 1 is 0.917 bits per heavy atom. The highest BCUT2D eigenvalue weighted by Gasteiger charge is 2.06. The summed E-state index contributed by atoms with van der Waals surface area (Å²) >= 11 is 0. The van der Waals surface area contributed by atoms with E-state index in [0.717, 1.165) is 34.3 Å². The Kier molecular flexibility index (Phi) is 4.96. The lowest BCUT2D eigenvalue weighted by atomic mass is 10.1. The van der Waals surface area contributed by atoms with Gasteiger partial charge in [-0.1, -0.05) is 43.3 Å². The van der Waals surface area contributed by atoms with Gasteiger partial charge in [-0.2, -0.15) is 0 Å². The van der Waals surface area contributed by atoms with Crippen LogP contribution in [0.25, 0.3) is 10.8 Å². The molecule has 0 saturated carbocycles. The molecule has 0 saturated heterocycles. The highest BCUT2D eigenvalue weighted by atomic mass is 16.5. The van der Waals surface area contributed by atoms with Crippen molar-refractivity contribution in [3.8, 4) is 5.75 Å². The number of urea groups is 1. The number of nitrogens with one attached hydrogen (secondary N) is 2. The Balaban J connectivity index is 1.67. The molecule has 0 radical (unpaired) electrons. The van der Waals surface area contributed by atoms with Gasteiger partial charge in [0.05, 0.1) is 12.3 Å². The lowest BCUT2D eigenvalue weighted by Gasteiger charge is -2.11. The van der Waals surface area contributed by atoms with E-state index in [4.69, 9.17) is 4.74 Å². The normalized spacial score (nSPS) is 10.4. The summed E-state index contributed by atoms with van der Waals surface area (Å²) in [5.41, 5.74) is 1.50. The van der Waals surface area contributed by atoms with E-state index in [1.165, 1.54) is 0 Å². The SMILES string of the molecule is CCCOc1ccc(NC(=O)Nc2cccc3ccccc23)cc1. The van der Waals surface area contributed by atoms with E-state index in [1.807, 2.05) is 66.7 Å². The molecule has 4 heteroatoms. The summed E-state index contributed by atoms with van der Waals surface area (Å²) in [6.07, 6.45) is 0.966. The van der Waals surface area contributed by atoms with E-state index in [2.05, 4.69) is 17.6 Å². The number of amides is 2. The quantitative estimate of drug-likeness (QED) is 0.672. The van der Waals surface area contributed by atoms with Crippen LogP contribution < -0.4 is 15.4 Å². The number of anilines is 2. The van der Waals surface area contributed by atoms with E-state index in [9.17, 15) is 4.79 Å². The van der Waals surface area contributed by atoms with Crippen molar-refractivity contribution in [1.82, 2.24) is 0 Å². The molecule has 2 N–H and O–H groups in total. The van der Waals surface area contributed by atoms with Crippen LogP contribution in [0.2, 0.25) is 0 Å². The molecule has 122 valence electrons. The number of hydrogen-bond donors (Lipinski definition) is 2. The van der Waals surface area contributed by atoms with Gasteiger partial charge in [0.15, 0.2) is 0 Å². The topological polar surface area (TPSA) is 50.4 Å². The summed E-state index contributed by atoms with van der Waals surface area (Å²) in [4.78, 5) is 12.2. The van der Waals surface area contributed by atoms with Crippen molar-refractivity contribution in [2.24, 2.45) is 0 Å². The first-order chi connectivity index (χ1) is 11.8. The maximum Gasteiger partial charge on any atom is 0.323 e. The minimum absolute atomic E-state index is 0.270. The van der Waals surface area contributed by atoms with Crippen molar-refractivity contribution < 1.29 is 9.53 Å². The van der Waals surface area contributed by atoms with Gasteiger partial charge in [0.2, 0.25) is 0 Å². The average molecular weight is 320 g/mol. The number of carbonyl (C=O) groups is 1. The van der Waals surface area contributed by atoms with Gasteiger partial charge < -0.3 is 15.4 Å². The van der Waals surface area contributed by atoms with Gasteiger partial charge in [0.1, 0.15) is 5.75 Å². The number of fused-ring (bicyclic) bond motifs is 1. The molecule has 0 aliphatic carbocycles. The number of benzene rings is 3. The van der Waals surface area contributed by atoms with E-state index >= 15 is 0 Å². The van der Waals surface area contributed by atoms with Gasteiger partial charge >= 0.3 is 6.03 Å². The van der Waals surface area contributed by atoms with Crippen molar-refractivity contribution in [2.45, 2.75) is 13.3 Å². The van der Waals surface area contributed by atoms with E-state index in [1.54, 1.807) is 0 Å². The molecule has 3 aromatic rings. The van der Waals surface area contributed by atoms with Gasteiger partial charge in [-0.05, 0) is 42.1 Å². The van der Waals surface area contributed by atoms with Crippen molar-refractivity contribution >= 4 is 28.2 Å². The Hall–Kier alpha value is -3.01. The molecule has 0 unspecified atom stereocenters. The van der Waals surface area contributed by atoms with Crippen LogP contribution in [0, 0.1) is 0 Å². The summed E-state index contributed by atoms with van der Waals surface area (Å²) < 4.78 is 5.53. The Morgan fingerprint density at radius 2 is 1.67 bits per heavy atom. The molecular formula is C20H20N2O2. The molecule has 0 spiro atoms. The summed E-state index contributed by atoms with van der Waals surface area (Å²) in [6, 6.07) is 20.9. The van der Waals surface area contributed by atoms with E-state index in [-0.39, 0.29) is 6.03 Å². The standard InChI is InChI=1S/C20H20N2O2/c1-2-14-24-17-12-10-16(11-13-17)21-20(23)22-19-9-5-7-15-6-3-4-8-18(15)19/h3-13H,2,14H2,1H3,(H2,21,22,23). The molecule has 3 aromatic carbocycles. The van der Waals surface area contributed by atoms with Crippen molar-refractivity contribution in [3.05, 3.63) is 66.7 Å². The van der Waals surface area contributed by atoms with Gasteiger partial charge in [0, 0.05) is 11.1 Å². The van der Waals surface area contributed by atoms with E-state index in [0.29, 0.717) is 6.61 Å². The molecule has 0 fully saturated rings. The molecule has 0 aromatic heterocycles. The van der Waals surface area contributed by atoms with Crippen molar-refractivity contribution in [1.29, 1.82) is 0 Å². The Labute approximate surface area is 141 Å². The number of rotatable bonds is 5. The Morgan fingerprint density at radius 3 is 2.46 bits per heavy atom. The zero-order valence-corrected chi connectivity index (χ0v) is 13.6. The minimum atomic E-state index is -0.270. The number of carbonyl (C=O) groups excluding carboxylic acids is 1. The molecular weight excluding hydrogens is 300 g/mol. The zero-order valence-electron chi connectivity index (χ0n) is 13.6. The second kappa shape index (κ2) is 7.51. The smallest absolute Gasteiger partial charge is 0.323 e. The lowest BCUT2D eigenvalue weighted by molar-refractivity contribution is 0.262. The van der Waals surface area contributed by atoms with Gasteiger partial charge in [0.25, 0.3) is 0 Å². The third-order valence-corrected chi connectivity index (χ3v) is 3.62. The second-order valence-corrected chi connectivity index (χ2v) is 5.48. The third-order valence-electron chi connectivity index (χ3n) is 3.62. The average Bonchev–Trinajstić information content (AvgIpc) is 2.61. The fourth-order valence-electron chi connectivity index (χ4n) is 2.47. The second-order valence-electron chi connectivity index (χ2n) is 5.48. The third kappa shape index (κ3) is 3.84. The predicted octanol–water partition coefficient (Wildman–Crippen LogP) is 5.27. The van der Waals surface area contributed by atoms with Crippen molar-refractivity contribution in [3.63, 3.8) is 0 Å². The van der Waals surface area contributed by atoms with Crippen LogP contribution in [-0.4, -0.2) is 12.6 Å². The molecule has 0 heterocycles. The predicted molar refractivity (Wildman–Crippen MR) is 98.8 cm³/mol. The largest absolute Gasteiger partial charge is 0.494 e. The summed E-state index contributed by atoms with van der Waals surface area (Å²) in [6.45, 7) is 2.75.